The molecule has 0 radical (unpaired) electrons. The van der Waals surface area contributed by atoms with E-state index in [0.29, 0.717) is 12.3 Å². The Bertz CT molecular complexity index is 445. The van der Waals surface area contributed by atoms with Crippen LogP contribution in [0.15, 0.2) is 18.2 Å². The van der Waals surface area contributed by atoms with Crippen molar-refractivity contribution >= 4 is 6.09 Å². The van der Waals surface area contributed by atoms with E-state index in [9.17, 15) is 9.90 Å². The molecule has 1 amide bonds. The van der Waals surface area contributed by atoms with Gasteiger partial charge in [-0.05, 0) is 26.0 Å². The molecule has 0 saturated carbocycles. The molecule has 1 heterocycles. The first-order chi connectivity index (χ1) is 8.56. The Morgan fingerprint density at radius 3 is 3.00 bits per heavy atom. The second kappa shape index (κ2) is 5.27. The average molecular weight is 251 g/mol. The molecule has 1 aromatic carbocycles. The van der Waals surface area contributed by atoms with Crippen molar-refractivity contribution in [2.75, 3.05) is 13.2 Å². The van der Waals surface area contributed by atoms with E-state index in [2.05, 4.69) is 5.32 Å². The van der Waals surface area contributed by atoms with Crippen molar-refractivity contribution < 1.29 is 19.4 Å². The smallest absolute Gasteiger partial charge is 0.407 e. The van der Waals surface area contributed by atoms with E-state index in [1.165, 1.54) is 0 Å². The summed E-state index contributed by atoms with van der Waals surface area (Å²) in [5.41, 5.74) is 1.81. The summed E-state index contributed by atoms with van der Waals surface area (Å²) in [6, 6.07) is 5.63. The maximum absolute atomic E-state index is 10.9. The van der Waals surface area contributed by atoms with Gasteiger partial charge in [0.15, 0.2) is 6.10 Å². The molecule has 1 unspecified atom stereocenters. The Morgan fingerprint density at radius 1 is 1.61 bits per heavy atom. The Morgan fingerprint density at radius 2 is 2.39 bits per heavy atom. The number of aliphatic hydroxyl groups is 1. The Balaban J connectivity index is 2.02. The molecule has 1 fully saturated rings. The summed E-state index contributed by atoms with van der Waals surface area (Å²) in [5, 5.41) is 12.2. The number of carbonyl (C=O) groups excluding carboxylic acids is 1. The van der Waals surface area contributed by atoms with E-state index < -0.39 is 12.2 Å². The molecule has 2 N–H and O–H groups in total. The normalized spacial score (nSPS) is 20.2. The summed E-state index contributed by atoms with van der Waals surface area (Å²) in [7, 11) is 0. The van der Waals surface area contributed by atoms with Gasteiger partial charge in [-0.15, -0.1) is 0 Å². The Labute approximate surface area is 106 Å². The van der Waals surface area contributed by atoms with Crippen LogP contribution < -0.4 is 10.1 Å². The summed E-state index contributed by atoms with van der Waals surface area (Å²) in [5.74, 6) is 0.624. The molecular weight excluding hydrogens is 234 g/mol. The topological polar surface area (TPSA) is 67.8 Å². The van der Waals surface area contributed by atoms with E-state index >= 15 is 0 Å². The minimum atomic E-state index is -0.593. The SMILES string of the molecule is Cc1ccc(OCC2CNC(=O)O2)c([C@H](C)O)c1. The summed E-state index contributed by atoms with van der Waals surface area (Å²) < 4.78 is 10.6. The number of amides is 1. The number of alkyl carbamates (subject to hydrolysis) is 1. The number of cyclic esters (lactones) is 1. The van der Waals surface area contributed by atoms with Crippen molar-refractivity contribution in [3.05, 3.63) is 29.3 Å². The highest BCUT2D eigenvalue weighted by Gasteiger charge is 2.23. The molecule has 0 spiro atoms. The minimum absolute atomic E-state index is 0.277. The minimum Gasteiger partial charge on any atom is -0.489 e. The van der Waals surface area contributed by atoms with E-state index in [-0.39, 0.29) is 12.7 Å². The van der Waals surface area contributed by atoms with Crippen molar-refractivity contribution in [1.29, 1.82) is 0 Å². The molecule has 1 aromatic rings. The lowest BCUT2D eigenvalue weighted by atomic mass is 10.1. The zero-order valence-corrected chi connectivity index (χ0v) is 10.5. The number of aliphatic hydroxyl groups excluding tert-OH is 1. The quantitative estimate of drug-likeness (QED) is 0.851. The fourth-order valence-electron chi connectivity index (χ4n) is 1.83. The predicted octanol–water partition coefficient (Wildman–Crippen LogP) is 1.54. The van der Waals surface area contributed by atoms with Crippen LogP contribution in [0.4, 0.5) is 4.79 Å². The molecule has 0 bridgehead atoms. The average Bonchev–Trinajstić information content (AvgIpc) is 2.73. The van der Waals surface area contributed by atoms with Crippen LogP contribution in [0.2, 0.25) is 0 Å². The number of aryl methyl sites for hydroxylation is 1. The van der Waals surface area contributed by atoms with Crippen molar-refractivity contribution in [1.82, 2.24) is 5.32 Å². The third-order valence-electron chi connectivity index (χ3n) is 2.79. The number of hydrogen-bond acceptors (Lipinski definition) is 4. The van der Waals surface area contributed by atoms with Gasteiger partial charge in [0, 0.05) is 5.56 Å². The van der Waals surface area contributed by atoms with Gasteiger partial charge in [0.25, 0.3) is 0 Å². The largest absolute Gasteiger partial charge is 0.489 e. The van der Waals surface area contributed by atoms with E-state index in [0.717, 1.165) is 11.1 Å². The second-order valence-electron chi connectivity index (χ2n) is 4.44. The summed E-state index contributed by atoms with van der Waals surface area (Å²) in [4.78, 5) is 10.9. The van der Waals surface area contributed by atoms with Crippen LogP contribution >= 0.6 is 0 Å². The number of hydrogen-bond donors (Lipinski definition) is 2. The molecule has 5 nitrogen and oxygen atoms in total. The van der Waals surface area contributed by atoms with Gasteiger partial charge in [-0.3, -0.25) is 0 Å². The van der Waals surface area contributed by atoms with Crippen molar-refractivity contribution in [3.63, 3.8) is 0 Å². The fourth-order valence-corrected chi connectivity index (χ4v) is 1.83. The maximum Gasteiger partial charge on any atom is 0.407 e. The van der Waals surface area contributed by atoms with Gasteiger partial charge in [0.2, 0.25) is 0 Å². The number of carbonyl (C=O) groups is 1. The molecule has 98 valence electrons. The lowest BCUT2D eigenvalue weighted by Gasteiger charge is -2.16. The van der Waals surface area contributed by atoms with Crippen LogP contribution in [0.1, 0.15) is 24.2 Å². The number of rotatable bonds is 4. The first kappa shape index (κ1) is 12.7. The predicted molar refractivity (Wildman–Crippen MR) is 65.6 cm³/mol. The zero-order valence-electron chi connectivity index (χ0n) is 10.5. The van der Waals surface area contributed by atoms with Crippen LogP contribution in [0.25, 0.3) is 0 Å². The first-order valence-corrected chi connectivity index (χ1v) is 5.92. The molecular formula is C13H17NO4. The molecule has 1 aliphatic rings. The van der Waals surface area contributed by atoms with Crippen LogP contribution in [0, 0.1) is 6.92 Å². The van der Waals surface area contributed by atoms with E-state index in [1.54, 1.807) is 6.92 Å². The lowest BCUT2D eigenvalue weighted by Crippen LogP contribution is -2.22. The molecule has 0 aliphatic carbocycles. The summed E-state index contributed by atoms with van der Waals surface area (Å²) in [6.45, 7) is 4.38. The second-order valence-corrected chi connectivity index (χ2v) is 4.44. The highest BCUT2D eigenvalue weighted by atomic mass is 16.6. The third-order valence-corrected chi connectivity index (χ3v) is 2.79. The zero-order chi connectivity index (χ0) is 13.1. The van der Waals surface area contributed by atoms with Crippen LogP contribution in [-0.2, 0) is 4.74 Å². The molecule has 18 heavy (non-hydrogen) atoms. The molecule has 2 atom stereocenters. The third kappa shape index (κ3) is 2.92. The van der Waals surface area contributed by atoms with Gasteiger partial charge in [-0.25, -0.2) is 4.79 Å². The molecule has 2 rings (SSSR count). The Hall–Kier alpha value is -1.75. The van der Waals surface area contributed by atoms with Crippen LogP contribution in [0.5, 0.6) is 5.75 Å². The number of benzene rings is 1. The van der Waals surface area contributed by atoms with Crippen molar-refractivity contribution in [2.45, 2.75) is 26.1 Å². The van der Waals surface area contributed by atoms with Gasteiger partial charge in [-0.1, -0.05) is 11.6 Å². The molecule has 1 aliphatic heterocycles. The van der Waals surface area contributed by atoms with Crippen LogP contribution in [-0.4, -0.2) is 30.5 Å². The Kier molecular flexibility index (Phi) is 3.72. The number of ether oxygens (including phenoxy) is 2. The first-order valence-electron chi connectivity index (χ1n) is 5.92. The van der Waals surface area contributed by atoms with Crippen molar-refractivity contribution in [3.8, 4) is 5.75 Å². The standard InChI is InChI=1S/C13H17NO4/c1-8-3-4-12(11(5-8)9(2)15)17-7-10-6-14-13(16)18-10/h3-5,9-10,15H,6-7H2,1-2H3,(H,14,16)/t9-,10?/m0/s1. The van der Waals surface area contributed by atoms with Gasteiger partial charge in [0.05, 0.1) is 12.6 Å². The van der Waals surface area contributed by atoms with Crippen molar-refractivity contribution in [2.24, 2.45) is 0 Å². The van der Waals surface area contributed by atoms with Gasteiger partial charge in [0.1, 0.15) is 12.4 Å². The maximum atomic E-state index is 10.9. The molecule has 0 aromatic heterocycles. The highest BCUT2D eigenvalue weighted by molar-refractivity contribution is 5.69. The summed E-state index contributed by atoms with van der Waals surface area (Å²) in [6.07, 6.45) is -1.28. The van der Waals surface area contributed by atoms with Gasteiger partial charge in [-0.2, -0.15) is 0 Å². The highest BCUT2D eigenvalue weighted by Crippen LogP contribution is 2.26. The molecule has 1 saturated heterocycles. The number of nitrogens with one attached hydrogen (secondary N) is 1. The fraction of sp³-hybridized carbons (Fsp3) is 0.462. The van der Waals surface area contributed by atoms with Gasteiger partial charge < -0.3 is 19.9 Å². The lowest BCUT2D eigenvalue weighted by molar-refractivity contribution is 0.102. The van der Waals surface area contributed by atoms with E-state index in [1.807, 2.05) is 25.1 Å². The summed E-state index contributed by atoms with van der Waals surface area (Å²) >= 11 is 0. The molecule has 5 heteroatoms. The van der Waals surface area contributed by atoms with Gasteiger partial charge >= 0.3 is 6.09 Å². The monoisotopic (exact) mass is 251 g/mol. The van der Waals surface area contributed by atoms with E-state index in [4.69, 9.17) is 9.47 Å². The van der Waals surface area contributed by atoms with Crippen LogP contribution in [0.3, 0.4) is 0 Å².